The Balaban J connectivity index is 1.69. The van der Waals surface area contributed by atoms with Gasteiger partial charge in [0.1, 0.15) is 11.5 Å². The Morgan fingerprint density at radius 1 is 0.833 bits per heavy atom. The van der Waals surface area contributed by atoms with Crippen molar-refractivity contribution in [2.45, 2.75) is 18.9 Å². The predicted molar refractivity (Wildman–Crippen MR) is 125 cm³/mol. The third kappa shape index (κ3) is 5.55. The largest absolute Gasteiger partial charge is 0.497 e. The Kier molecular flexibility index (Phi) is 7.75. The summed E-state index contributed by atoms with van der Waals surface area (Å²) in [6.07, 6.45) is 0.975. The molecule has 0 bridgehead atoms. The van der Waals surface area contributed by atoms with Crippen molar-refractivity contribution in [2.75, 3.05) is 39.8 Å². The molecule has 0 saturated heterocycles. The maximum Gasteiger partial charge on any atom is 0.122 e. The molecular formula is C26H32N2O2. The van der Waals surface area contributed by atoms with Gasteiger partial charge in [-0.25, -0.2) is 0 Å². The molecule has 0 aromatic heterocycles. The Hall–Kier alpha value is -2.98. The van der Waals surface area contributed by atoms with Gasteiger partial charge >= 0.3 is 0 Å². The van der Waals surface area contributed by atoms with Crippen molar-refractivity contribution in [3.05, 3.63) is 89.5 Å². The first kappa shape index (κ1) is 21.7. The van der Waals surface area contributed by atoms with Crippen LogP contribution in [0.25, 0.3) is 0 Å². The van der Waals surface area contributed by atoms with E-state index in [1.807, 2.05) is 24.3 Å². The van der Waals surface area contributed by atoms with Crippen LogP contribution in [0.4, 0.5) is 5.69 Å². The molecule has 30 heavy (non-hydrogen) atoms. The van der Waals surface area contributed by atoms with Crippen molar-refractivity contribution in [1.82, 2.24) is 5.32 Å². The number of rotatable bonds is 10. The summed E-state index contributed by atoms with van der Waals surface area (Å²) in [4.78, 5) is 2.11. The van der Waals surface area contributed by atoms with Gasteiger partial charge in [-0.3, -0.25) is 0 Å². The minimum atomic E-state index is 0.246. The zero-order valence-electron chi connectivity index (χ0n) is 18.4. The molecule has 0 heterocycles. The van der Waals surface area contributed by atoms with E-state index < -0.39 is 0 Å². The average Bonchev–Trinajstić information content (AvgIpc) is 2.79. The molecule has 0 unspecified atom stereocenters. The zero-order valence-corrected chi connectivity index (χ0v) is 18.4. The van der Waals surface area contributed by atoms with Crippen molar-refractivity contribution >= 4 is 5.69 Å². The van der Waals surface area contributed by atoms with Gasteiger partial charge in [0, 0.05) is 37.8 Å². The van der Waals surface area contributed by atoms with Crippen LogP contribution < -0.4 is 19.7 Å². The molecule has 0 amide bonds. The van der Waals surface area contributed by atoms with Gasteiger partial charge < -0.3 is 19.7 Å². The van der Waals surface area contributed by atoms with E-state index in [0.29, 0.717) is 0 Å². The molecule has 4 nitrogen and oxygen atoms in total. The van der Waals surface area contributed by atoms with Crippen LogP contribution in [0.3, 0.4) is 0 Å². The third-order valence-corrected chi connectivity index (χ3v) is 5.42. The molecule has 0 spiro atoms. The summed E-state index contributed by atoms with van der Waals surface area (Å²) in [5.74, 6) is 2.05. The summed E-state index contributed by atoms with van der Waals surface area (Å²) in [5.41, 5.74) is 4.98. The lowest BCUT2D eigenvalue weighted by molar-refractivity contribution is 0.406. The smallest absolute Gasteiger partial charge is 0.122 e. The molecule has 4 heteroatoms. The highest BCUT2D eigenvalue weighted by Gasteiger charge is 2.18. The predicted octanol–water partition coefficient (Wildman–Crippen LogP) is 5.08. The van der Waals surface area contributed by atoms with Crippen molar-refractivity contribution in [1.29, 1.82) is 0 Å². The maximum absolute atomic E-state index is 5.65. The molecule has 0 radical (unpaired) electrons. The van der Waals surface area contributed by atoms with Gasteiger partial charge in [0.2, 0.25) is 0 Å². The monoisotopic (exact) mass is 404 g/mol. The van der Waals surface area contributed by atoms with Crippen molar-refractivity contribution in [3.8, 4) is 11.5 Å². The standard InChI is InChI=1S/C26H32N2O2/c1-28(2)22-13-9-20(10-14-22)19-27-18-17-24(21-11-15-23(29-3)16-12-21)25-7-5-6-8-26(25)30-4/h5-16,24,27H,17-19H2,1-4H3/t24-/m0/s1. The first-order valence-corrected chi connectivity index (χ1v) is 10.4. The minimum Gasteiger partial charge on any atom is -0.497 e. The van der Waals surface area contributed by atoms with Crippen LogP contribution in [0.2, 0.25) is 0 Å². The normalized spacial score (nSPS) is 11.7. The molecule has 0 saturated carbocycles. The molecule has 3 aromatic carbocycles. The lowest BCUT2D eigenvalue weighted by Gasteiger charge is -2.21. The average molecular weight is 405 g/mol. The second-order valence-corrected chi connectivity index (χ2v) is 7.59. The first-order chi connectivity index (χ1) is 14.6. The van der Waals surface area contributed by atoms with E-state index in [9.17, 15) is 0 Å². The van der Waals surface area contributed by atoms with Crippen LogP contribution in [0.1, 0.15) is 29.0 Å². The van der Waals surface area contributed by atoms with Crippen LogP contribution in [0.15, 0.2) is 72.8 Å². The van der Waals surface area contributed by atoms with Crippen molar-refractivity contribution in [2.24, 2.45) is 0 Å². The number of hydrogen-bond acceptors (Lipinski definition) is 4. The van der Waals surface area contributed by atoms with E-state index in [4.69, 9.17) is 9.47 Å². The van der Waals surface area contributed by atoms with Crippen LogP contribution in [0.5, 0.6) is 11.5 Å². The number of hydrogen-bond donors (Lipinski definition) is 1. The summed E-state index contributed by atoms with van der Waals surface area (Å²) in [6, 6.07) is 25.3. The fourth-order valence-corrected chi connectivity index (χ4v) is 3.68. The zero-order chi connectivity index (χ0) is 21.3. The van der Waals surface area contributed by atoms with Crippen LogP contribution in [-0.4, -0.2) is 34.9 Å². The maximum atomic E-state index is 5.65. The molecule has 0 aliphatic rings. The molecule has 158 valence electrons. The summed E-state index contributed by atoms with van der Waals surface area (Å²) in [5, 5.41) is 3.60. The molecule has 1 N–H and O–H groups in total. The molecule has 0 aliphatic heterocycles. The van der Waals surface area contributed by atoms with E-state index in [0.717, 1.165) is 31.0 Å². The van der Waals surface area contributed by atoms with Gasteiger partial charge in [0.25, 0.3) is 0 Å². The molecule has 1 atom stereocenters. The fraction of sp³-hybridized carbons (Fsp3) is 0.308. The van der Waals surface area contributed by atoms with Crippen molar-refractivity contribution < 1.29 is 9.47 Å². The quantitative estimate of drug-likeness (QED) is 0.478. The van der Waals surface area contributed by atoms with E-state index in [1.165, 1.54) is 22.4 Å². The highest BCUT2D eigenvalue weighted by molar-refractivity contribution is 5.46. The van der Waals surface area contributed by atoms with E-state index in [2.05, 4.69) is 72.8 Å². The second kappa shape index (κ2) is 10.7. The Bertz CT molecular complexity index is 905. The second-order valence-electron chi connectivity index (χ2n) is 7.59. The minimum absolute atomic E-state index is 0.246. The van der Waals surface area contributed by atoms with Gasteiger partial charge in [-0.2, -0.15) is 0 Å². The lowest BCUT2D eigenvalue weighted by atomic mass is 9.88. The molecule has 3 rings (SSSR count). The highest BCUT2D eigenvalue weighted by atomic mass is 16.5. The van der Waals surface area contributed by atoms with E-state index in [-0.39, 0.29) is 5.92 Å². The molecule has 3 aromatic rings. The summed E-state index contributed by atoms with van der Waals surface area (Å²) < 4.78 is 11.0. The van der Waals surface area contributed by atoms with Gasteiger partial charge in [-0.15, -0.1) is 0 Å². The molecule has 0 aliphatic carbocycles. The van der Waals surface area contributed by atoms with Crippen LogP contribution >= 0.6 is 0 Å². The topological polar surface area (TPSA) is 33.7 Å². The number of para-hydroxylation sites is 1. The number of ether oxygens (including phenoxy) is 2. The highest BCUT2D eigenvalue weighted by Crippen LogP contribution is 2.34. The van der Waals surface area contributed by atoms with Gasteiger partial charge in [0.15, 0.2) is 0 Å². The Morgan fingerprint density at radius 2 is 1.53 bits per heavy atom. The Labute approximate surface area is 180 Å². The third-order valence-electron chi connectivity index (χ3n) is 5.42. The first-order valence-electron chi connectivity index (χ1n) is 10.4. The number of methoxy groups -OCH3 is 2. The number of nitrogens with zero attached hydrogens (tertiary/aromatic N) is 1. The van der Waals surface area contributed by atoms with Crippen LogP contribution in [0, 0.1) is 0 Å². The molecule has 0 fully saturated rings. The van der Waals surface area contributed by atoms with Crippen LogP contribution in [-0.2, 0) is 6.54 Å². The fourth-order valence-electron chi connectivity index (χ4n) is 3.68. The van der Waals surface area contributed by atoms with Gasteiger partial charge in [-0.1, -0.05) is 42.5 Å². The molecular weight excluding hydrogens is 372 g/mol. The van der Waals surface area contributed by atoms with E-state index in [1.54, 1.807) is 14.2 Å². The van der Waals surface area contributed by atoms with Gasteiger partial charge in [0.05, 0.1) is 14.2 Å². The lowest BCUT2D eigenvalue weighted by Crippen LogP contribution is -2.18. The van der Waals surface area contributed by atoms with Crippen molar-refractivity contribution in [3.63, 3.8) is 0 Å². The van der Waals surface area contributed by atoms with Gasteiger partial charge in [-0.05, 0) is 54.4 Å². The summed E-state index contributed by atoms with van der Waals surface area (Å²) in [7, 11) is 7.55. The Morgan fingerprint density at radius 3 is 2.17 bits per heavy atom. The van der Waals surface area contributed by atoms with E-state index >= 15 is 0 Å². The number of nitrogens with one attached hydrogen (secondary N) is 1. The SMILES string of the molecule is COc1ccc([C@H](CCNCc2ccc(N(C)C)cc2)c2ccccc2OC)cc1. The summed E-state index contributed by atoms with van der Waals surface area (Å²) in [6.45, 7) is 1.76. The summed E-state index contributed by atoms with van der Waals surface area (Å²) >= 11 is 0. The number of benzene rings is 3. The number of anilines is 1.